The number of hydrogen-bond acceptors (Lipinski definition) is 3. The number of rotatable bonds is 1. The Morgan fingerprint density at radius 1 is 1.21 bits per heavy atom. The summed E-state index contributed by atoms with van der Waals surface area (Å²) in [5.41, 5.74) is 2.57. The summed E-state index contributed by atoms with van der Waals surface area (Å²) in [6.07, 6.45) is 0.716. The van der Waals surface area contributed by atoms with Crippen LogP contribution in [0.2, 0.25) is 10.4 Å². The maximum atomic E-state index is 13.3. The van der Waals surface area contributed by atoms with E-state index in [-0.39, 0.29) is 11.1 Å². The molecule has 0 aliphatic carbocycles. The molecule has 0 unspecified atom stereocenters. The van der Waals surface area contributed by atoms with E-state index in [2.05, 4.69) is 14.9 Å². The molecule has 1 aromatic carbocycles. The zero-order chi connectivity index (χ0) is 13.4. The van der Waals surface area contributed by atoms with E-state index in [9.17, 15) is 4.39 Å². The van der Waals surface area contributed by atoms with Crippen LogP contribution < -0.4 is 4.90 Å². The van der Waals surface area contributed by atoms with Crippen LogP contribution in [0.4, 0.5) is 10.1 Å². The van der Waals surface area contributed by atoms with Crippen molar-refractivity contribution < 1.29 is 4.39 Å². The van der Waals surface area contributed by atoms with Gasteiger partial charge in [0.15, 0.2) is 0 Å². The van der Waals surface area contributed by atoms with E-state index in [0.717, 1.165) is 23.5 Å². The fourth-order valence-electron chi connectivity index (χ4n) is 2.24. The lowest BCUT2D eigenvalue weighted by atomic mass is 10.1. The topological polar surface area (TPSA) is 29.0 Å². The summed E-state index contributed by atoms with van der Waals surface area (Å²) in [6, 6.07) is 6.51. The van der Waals surface area contributed by atoms with Gasteiger partial charge in [0, 0.05) is 30.8 Å². The summed E-state index contributed by atoms with van der Waals surface area (Å²) < 4.78 is 13.3. The standard InChI is InChI=1S/C13H10Cl2FN3/c14-12-10-7-19(9-3-1-2-8(16)6-9)5-4-11(10)17-13(15)18-12/h1-3,6H,4-5,7H2. The normalized spacial score (nSPS) is 14.4. The highest BCUT2D eigenvalue weighted by molar-refractivity contribution is 6.32. The van der Waals surface area contributed by atoms with Crippen LogP contribution in [-0.4, -0.2) is 16.5 Å². The number of benzene rings is 1. The summed E-state index contributed by atoms with van der Waals surface area (Å²) >= 11 is 11.9. The molecule has 0 saturated heterocycles. The molecule has 0 saturated carbocycles. The summed E-state index contributed by atoms with van der Waals surface area (Å²) in [5, 5.41) is 0.541. The molecule has 3 nitrogen and oxygen atoms in total. The first-order chi connectivity index (χ1) is 9.13. The van der Waals surface area contributed by atoms with Gasteiger partial charge in [-0.15, -0.1) is 0 Å². The van der Waals surface area contributed by atoms with Crippen LogP contribution in [0.15, 0.2) is 24.3 Å². The molecule has 1 aliphatic rings. The Hall–Kier alpha value is -1.39. The zero-order valence-corrected chi connectivity index (χ0v) is 11.4. The van der Waals surface area contributed by atoms with Gasteiger partial charge in [-0.1, -0.05) is 17.7 Å². The van der Waals surface area contributed by atoms with Crippen molar-refractivity contribution in [3.05, 3.63) is 51.8 Å². The third-order valence-electron chi connectivity index (χ3n) is 3.16. The van der Waals surface area contributed by atoms with Gasteiger partial charge in [-0.25, -0.2) is 14.4 Å². The molecule has 98 valence electrons. The average Bonchev–Trinajstić information content (AvgIpc) is 2.38. The number of anilines is 1. The number of hydrogen-bond donors (Lipinski definition) is 0. The second-order valence-electron chi connectivity index (χ2n) is 4.36. The maximum Gasteiger partial charge on any atom is 0.224 e. The van der Waals surface area contributed by atoms with Crippen LogP contribution >= 0.6 is 23.2 Å². The SMILES string of the molecule is Fc1cccc(N2CCc3nc(Cl)nc(Cl)c3C2)c1. The van der Waals surface area contributed by atoms with E-state index in [1.54, 1.807) is 6.07 Å². The quantitative estimate of drug-likeness (QED) is 0.596. The lowest BCUT2D eigenvalue weighted by Crippen LogP contribution is -2.31. The van der Waals surface area contributed by atoms with Crippen molar-refractivity contribution in [3.8, 4) is 0 Å². The van der Waals surface area contributed by atoms with Crippen molar-refractivity contribution in [2.45, 2.75) is 13.0 Å². The van der Waals surface area contributed by atoms with E-state index in [0.29, 0.717) is 18.1 Å². The molecule has 0 spiro atoms. The molecule has 0 radical (unpaired) electrons. The molecule has 0 fully saturated rings. The number of halogens is 3. The Labute approximate surface area is 120 Å². The molecular formula is C13H10Cl2FN3. The molecule has 0 amide bonds. The Morgan fingerprint density at radius 3 is 2.84 bits per heavy atom. The van der Waals surface area contributed by atoms with Gasteiger partial charge in [0.2, 0.25) is 5.28 Å². The fraction of sp³-hybridized carbons (Fsp3) is 0.231. The van der Waals surface area contributed by atoms with Crippen molar-refractivity contribution in [1.82, 2.24) is 9.97 Å². The Balaban J connectivity index is 1.94. The first-order valence-electron chi connectivity index (χ1n) is 5.85. The predicted molar refractivity (Wildman–Crippen MR) is 73.2 cm³/mol. The van der Waals surface area contributed by atoms with Crippen LogP contribution in [0.1, 0.15) is 11.3 Å². The summed E-state index contributed by atoms with van der Waals surface area (Å²) in [6.45, 7) is 1.31. The fourth-order valence-corrected chi connectivity index (χ4v) is 2.72. The highest BCUT2D eigenvalue weighted by Gasteiger charge is 2.21. The maximum absolute atomic E-state index is 13.3. The van der Waals surface area contributed by atoms with Gasteiger partial charge in [-0.3, -0.25) is 0 Å². The molecule has 3 rings (SSSR count). The predicted octanol–water partition coefficient (Wildman–Crippen LogP) is 3.49. The van der Waals surface area contributed by atoms with Crippen molar-refractivity contribution in [2.24, 2.45) is 0 Å². The Morgan fingerprint density at radius 2 is 2.05 bits per heavy atom. The highest BCUT2D eigenvalue weighted by Crippen LogP contribution is 2.28. The van der Waals surface area contributed by atoms with Crippen LogP contribution in [0.3, 0.4) is 0 Å². The zero-order valence-electron chi connectivity index (χ0n) is 9.91. The number of aromatic nitrogens is 2. The van der Waals surface area contributed by atoms with Crippen molar-refractivity contribution >= 4 is 28.9 Å². The molecule has 2 aromatic rings. The second-order valence-corrected chi connectivity index (χ2v) is 5.06. The van der Waals surface area contributed by atoms with Gasteiger partial charge >= 0.3 is 0 Å². The largest absolute Gasteiger partial charge is 0.367 e. The minimum atomic E-state index is -0.248. The molecule has 2 heterocycles. The molecule has 19 heavy (non-hydrogen) atoms. The van der Waals surface area contributed by atoms with Gasteiger partial charge in [0.05, 0.1) is 5.69 Å². The van der Waals surface area contributed by atoms with Crippen LogP contribution in [-0.2, 0) is 13.0 Å². The van der Waals surface area contributed by atoms with Crippen molar-refractivity contribution in [1.29, 1.82) is 0 Å². The monoisotopic (exact) mass is 297 g/mol. The van der Waals surface area contributed by atoms with Gasteiger partial charge in [0.25, 0.3) is 0 Å². The minimum Gasteiger partial charge on any atom is -0.367 e. The Kier molecular flexibility index (Phi) is 3.29. The molecule has 1 aliphatic heterocycles. The summed E-state index contributed by atoms with van der Waals surface area (Å²) in [7, 11) is 0. The number of fused-ring (bicyclic) bond motifs is 1. The first-order valence-corrected chi connectivity index (χ1v) is 6.60. The minimum absolute atomic E-state index is 0.169. The van der Waals surface area contributed by atoms with E-state index in [1.165, 1.54) is 12.1 Å². The third-order valence-corrected chi connectivity index (χ3v) is 3.64. The third kappa shape index (κ3) is 2.51. The molecule has 0 N–H and O–H groups in total. The molecular weight excluding hydrogens is 288 g/mol. The van der Waals surface area contributed by atoms with Crippen LogP contribution in [0, 0.1) is 5.82 Å². The van der Waals surface area contributed by atoms with Crippen molar-refractivity contribution in [2.75, 3.05) is 11.4 Å². The van der Waals surface area contributed by atoms with Crippen LogP contribution in [0.5, 0.6) is 0 Å². The Bertz CT molecular complexity index is 633. The summed E-state index contributed by atoms with van der Waals surface area (Å²) in [5.74, 6) is -0.248. The van der Waals surface area contributed by atoms with Crippen molar-refractivity contribution in [3.63, 3.8) is 0 Å². The van der Waals surface area contributed by atoms with Gasteiger partial charge in [-0.05, 0) is 29.8 Å². The van der Waals surface area contributed by atoms with E-state index >= 15 is 0 Å². The van der Waals surface area contributed by atoms with E-state index in [1.807, 2.05) is 6.07 Å². The lowest BCUT2D eigenvalue weighted by Gasteiger charge is -2.30. The number of nitrogens with zero attached hydrogens (tertiary/aromatic N) is 3. The second kappa shape index (κ2) is 4.94. The van der Waals surface area contributed by atoms with Gasteiger partial charge in [0.1, 0.15) is 11.0 Å². The molecule has 6 heteroatoms. The highest BCUT2D eigenvalue weighted by atomic mass is 35.5. The molecule has 0 bridgehead atoms. The smallest absolute Gasteiger partial charge is 0.224 e. The van der Waals surface area contributed by atoms with E-state index < -0.39 is 0 Å². The lowest BCUT2D eigenvalue weighted by molar-refractivity contribution is 0.624. The van der Waals surface area contributed by atoms with Gasteiger partial charge < -0.3 is 4.90 Å². The van der Waals surface area contributed by atoms with E-state index in [4.69, 9.17) is 23.2 Å². The molecule has 0 atom stereocenters. The van der Waals surface area contributed by atoms with Crippen LogP contribution in [0.25, 0.3) is 0 Å². The average molecular weight is 298 g/mol. The van der Waals surface area contributed by atoms with Gasteiger partial charge in [-0.2, -0.15) is 0 Å². The summed E-state index contributed by atoms with van der Waals surface area (Å²) in [4.78, 5) is 10.2. The first kappa shape index (κ1) is 12.6. The molecule has 1 aromatic heterocycles.